The van der Waals surface area contributed by atoms with Crippen LogP contribution in [0.1, 0.15) is 0 Å². The summed E-state index contributed by atoms with van der Waals surface area (Å²) in [7, 11) is -3.78. The maximum Gasteiger partial charge on any atom is 0.238 e. The standard InChI is InChI=1S/C6H10N4O2S/c7-4-1-3(13(10,11)12)2-5(8)6(4)9/h1-2H,7-9H2,(H2,10,11,12). The molecule has 1 rings (SSSR count). The van der Waals surface area contributed by atoms with E-state index in [1.165, 1.54) is 12.1 Å². The van der Waals surface area contributed by atoms with E-state index in [0.29, 0.717) is 0 Å². The number of rotatable bonds is 1. The minimum absolute atomic E-state index is 0.101. The Morgan fingerprint density at radius 2 is 1.38 bits per heavy atom. The molecule has 0 saturated carbocycles. The maximum atomic E-state index is 10.9. The highest BCUT2D eigenvalue weighted by Gasteiger charge is 2.11. The van der Waals surface area contributed by atoms with Crippen LogP contribution >= 0.6 is 0 Å². The molecule has 0 spiro atoms. The molecule has 0 amide bonds. The van der Waals surface area contributed by atoms with E-state index < -0.39 is 10.0 Å². The molecule has 0 atom stereocenters. The van der Waals surface area contributed by atoms with Crippen molar-refractivity contribution in [2.24, 2.45) is 5.14 Å². The Balaban J connectivity index is 3.47. The fourth-order valence-corrected chi connectivity index (χ4v) is 1.42. The van der Waals surface area contributed by atoms with Gasteiger partial charge in [-0.3, -0.25) is 0 Å². The minimum atomic E-state index is -3.78. The summed E-state index contributed by atoms with van der Waals surface area (Å²) < 4.78 is 21.7. The number of hydrogen-bond acceptors (Lipinski definition) is 5. The molecular weight excluding hydrogens is 192 g/mol. The smallest absolute Gasteiger partial charge is 0.238 e. The van der Waals surface area contributed by atoms with Gasteiger partial charge in [-0.1, -0.05) is 0 Å². The Kier molecular flexibility index (Phi) is 2.06. The lowest BCUT2D eigenvalue weighted by atomic mass is 10.2. The van der Waals surface area contributed by atoms with Gasteiger partial charge >= 0.3 is 0 Å². The summed E-state index contributed by atoms with van der Waals surface area (Å²) in [6.45, 7) is 0. The SMILES string of the molecule is Nc1cc(S(N)(=O)=O)cc(N)c1N. The molecule has 0 fully saturated rings. The number of nitrogens with two attached hydrogens (primary N) is 4. The van der Waals surface area contributed by atoms with Gasteiger partial charge in [0, 0.05) is 0 Å². The molecular formula is C6H10N4O2S. The van der Waals surface area contributed by atoms with Crippen LogP contribution < -0.4 is 22.3 Å². The third kappa shape index (κ3) is 1.82. The van der Waals surface area contributed by atoms with Crippen LogP contribution in [-0.4, -0.2) is 8.42 Å². The summed E-state index contributed by atoms with van der Waals surface area (Å²) in [4.78, 5) is -0.142. The predicted molar refractivity (Wildman–Crippen MR) is 51.1 cm³/mol. The average molecular weight is 202 g/mol. The minimum Gasteiger partial charge on any atom is -0.397 e. The van der Waals surface area contributed by atoms with Crippen molar-refractivity contribution in [1.29, 1.82) is 0 Å². The molecule has 0 aliphatic carbocycles. The second kappa shape index (κ2) is 2.79. The van der Waals surface area contributed by atoms with Crippen molar-refractivity contribution >= 4 is 27.1 Å². The Hall–Kier alpha value is -1.47. The zero-order chi connectivity index (χ0) is 10.2. The van der Waals surface area contributed by atoms with Gasteiger partial charge in [-0.15, -0.1) is 0 Å². The summed E-state index contributed by atoms with van der Waals surface area (Å²) in [6.07, 6.45) is 0. The van der Waals surface area contributed by atoms with Crippen LogP contribution in [0.5, 0.6) is 0 Å². The van der Waals surface area contributed by atoms with E-state index in [0.717, 1.165) is 0 Å². The lowest BCUT2D eigenvalue weighted by molar-refractivity contribution is 0.598. The van der Waals surface area contributed by atoms with E-state index in [1.807, 2.05) is 0 Å². The maximum absolute atomic E-state index is 10.9. The lowest BCUT2D eigenvalue weighted by Gasteiger charge is -2.06. The largest absolute Gasteiger partial charge is 0.397 e. The van der Waals surface area contributed by atoms with E-state index in [9.17, 15) is 8.42 Å². The second-order valence-electron chi connectivity index (χ2n) is 2.56. The lowest BCUT2D eigenvalue weighted by Crippen LogP contribution is -2.13. The van der Waals surface area contributed by atoms with Gasteiger partial charge in [-0.05, 0) is 12.1 Å². The highest BCUT2D eigenvalue weighted by atomic mass is 32.2. The number of benzene rings is 1. The van der Waals surface area contributed by atoms with Crippen molar-refractivity contribution in [3.8, 4) is 0 Å². The summed E-state index contributed by atoms with van der Waals surface area (Å²) in [5.41, 5.74) is 16.6. The fourth-order valence-electron chi connectivity index (χ4n) is 0.835. The molecule has 0 unspecified atom stereocenters. The van der Waals surface area contributed by atoms with Crippen LogP contribution in [0.25, 0.3) is 0 Å². The number of sulfonamides is 1. The van der Waals surface area contributed by atoms with Gasteiger partial charge in [0.1, 0.15) is 0 Å². The van der Waals surface area contributed by atoms with Crippen molar-refractivity contribution in [2.45, 2.75) is 4.90 Å². The van der Waals surface area contributed by atoms with E-state index in [-0.39, 0.29) is 22.0 Å². The van der Waals surface area contributed by atoms with Gasteiger partial charge in [0.25, 0.3) is 0 Å². The zero-order valence-electron chi connectivity index (χ0n) is 6.69. The molecule has 72 valence electrons. The first-order valence-electron chi connectivity index (χ1n) is 3.29. The van der Waals surface area contributed by atoms with Crippen molar-refractivity contribution in [3.05, 3.63) is 12.1 Å². The second-order valence-corrected chi connectivity index (χ2v) is 4.12. The zero-order valence-corrected chi connectivity index (χ0v) is 7.51. The summed E-state index contributed by atoms with van der Waals surface area (Å²) in [6, 6.07) is 2.34. The highest BCUT2D eigenvalue weighted by Crippen LogP contribution is 2.25. The summed E-state index contributed by atoms with van der Waals surface area (Å²) in [5.74, 6) is 0. The predicted octanol–water partition coefficient (Wildman–Crippen LogP) is -0.919. The molecule has 1 aromatic carbocycles. The normalized spacial score (nSPS) is 11.5. The monoisotopic (exact) mass is 202 g/mol. The quantitative estimate of drug-likeness (QED) is 0.436. The Labute approximate surface area is 75.6 Å². The molecule has 0 heterocycles. The molecule has 0 aromatic heterocycles. The van der Waals surface area contributed by atoms with Crippen LogP contribution in [0.4, 0.5) is 17.1 Å². The van der Waals surface area contributed by atoms with Gasteiger partial charge < -0.3 is 17.2 Å². The van der Waals surface area contributed by atoms with Crippen LogP contribution in [-0.2, 0) is 10.0 Å². The van der Waals surface area contributed by atoms with Crippen molar-refractivity contribution in [2.75, 3.05) is 17.2 Å². The first-order valence-corrected chi connectivity index (χ1v) is 4.84. The molecule has 0 bridgehead atoms. The fraction of sp³-hybridized carbons (Fsp3) is 0. The van der Waals surface area contributed by atoms with Gasteiger partial charge in [0.15, 0.2) is 0 Å². The number of anilines is 3. The summed E-state index contributed by atoms with van der Waals surface area (Å²) >= 11 is 0. The Bertz CT molecular complexity index is 417. The van der Waals surface area contributed by atoms with E-state index >= 15 is 0 Å². The summed E-state index contributed by atoms with van der Waals surface area (Å²) in [5, 5.41) is 4.86. The molecule has 8 N–H and O–H groups in total. The molecule has 7 heteroatoms. The molecule has 6 nitrogen and oxygen atoms in total. The van der Waals surface area contributed by atoms with Gasteiger partial charge in [-0.2, -0.15) is 0 Å². The van der Waals surface area contributed by atoms with Gasteiger partial charge in [0.2, 0.25) is 10.0 Å². The molecule has 0 aliphatic heterocycles. The number of hydrogen-bond donors (Lipinski definition) is 4. The van der Waals surface area contributed by atoms with Crippen LogP contribution in [0.2, 0.25) is 0 Å². The molecule has 13 heavy (non-hydrogen) atoms. The van der Waals surface area contributed by atoms with E-state index in [2.05, 4.69) is 0 Å². The van der Waals surface area contributed by atoms with Crippen molar-refractivity contribution < 1.29 is 8.42 Å². The number of primary sulfonamides is 1. The first-order chi connectivity index (χ1) is 5.82. The average Bonchev–Trinajstić information content (AvgIpc) is 1.97. The first kappa shape index (κ1) is 9.62. The van der Waals surface area contributed by atoms with E-state index in [4.69, 9.17) is 22.3 Å². The Morgan fingerprint density at radius 3 is 1.69 bits per heavy atom. The van der Waals surface area contributed by atoms with Crippen LogP contribution in [0.15, 0.2) is 17.0 Å². The third-order valence-corrected chi connectivity index (χ3v) is 2.44. The molecule has 0 aliphatic rings. The van der Waals surface area contributed by atoms with Gasteiger partial charge in [-0.25, -0.2) is 13.6 Å². The van der Waals surface area contributed by atoms with Crippen LogP contribution in [0, 0.1) is 0 Å². The number of nitrogen functional groups attached to an aromatic ring is 3. The van der Waals surface area contributed by atoms with Crippen molar-refractivity contribution in [3.63, 3.8) is 0 Å². The third-order valence-electron chi connectivity index (χ3n) is 1.55. The van der Waals surface area contributed by atoms with Crippen molar-refractivity contribution in [1.82, 2.24) is 0 Å². The van der Waals surface area contributed by atoms with E-state index in [1.54, 1.807) is 0 Å². The Morgan fingerprint density at radius 1 is 1.00 bits per heavy atom. The highest BCUT2D eigenvalue weighted by molar-refractivity contribution is 7.89. The van der Waals surface area contributed by atoms with Crippen LogP contribution in [0.3, 0.4) is 0 Å². The molecule has 0 saturated heterocycles. The topological polar surface area (TPSA) is 138 Å². The van der Waals surface area contributed by atoms with Gasteiger partial charge in [0.05, 0.1) is 22.0 Å². The molecule has 0 radical (unpaired) electrons. The molecule has 1 aromatic rings.